The van der Waals surface area contributed by atoms with Gasteiger partial charge in [0.1, 0.15) is 5.75 Å². The van der Waals surface area contributed by atoms with Gasteiger partial charge in [-0.15, -0.1) is 0 Å². The van der Waals surface area contributed by atoms with E-state index in [0.29, 0.717) is 0 Å². The zero-order valence-electron chi connectivity index (χ0n) is 13.2. The van der Waals surface area contributed by atoms with Crippen LogP contribution in [0.4, 0.5) is 11.5 Å². The van der Waals surface area contributed by atoms with Crippen molar-refractivity contribution in [3.63, 3.8) is 0 Å². The first-order valence-corrected chi connectivity index (χ1v) is 7.64. The van der Waals surface area contributed by atoms with E-state index in [2.05, 4.69) is 21.5 Å². The van der Waals surface area contributed by atoms with Crippen LogP contribution in [0.3, 0.4) is 0 Å². The summed E-state index contributed by atoms with van der Waals surface area (Å²) in [7, 11) is 1.65. The number of nitrogens with one attached hydrogen (secondary N) is 1. The maximum absolute atomic E-state index is 5.16. The van der Waals surface area contributed by atoms with E-state index < -0.39 is 0 Å². The molecule has 0 unspecified atom stereocenters. The van der Waals surface area contributed by atoms with Crippen LogP contribution >= 0.6 is 0 Å². The van der Waals surface area contributed by atoms with E-state index >= 15 is 0 Å². The Morgan fingerprint density at radius 2 is 1.83 bits per heavy atom. The van der Waals surface area contributed by atoms with E-state index in [1.54, 1.807) is 7.11 Å². The molecular weight excluding hydrogens is 300 g/mol. The average molecular weight is 316 g/mol. The summed E-state index contributed by atoms with van der Waals surface area (Å²) in [6.45, 7) is 0. The number of nitrogens with zero attached hydrogens (tertiary/aromatic N) is 3. The molecule has 0 aliphatic rings. The standard InChI is InChI=1S/C19H16N4O/c1-24-17-8-6-15(7-9-17)21-19-10-11-23(22-19)16-12-14-4-2-3-5-18(14)20-13-16/h2-13H,1H3,(H,21,22). The lowest BCUT2D eigenvalue weighted by molar-refractivity contribution is 0.415. The number of fused-ring (bicyclic) bond motifs is 1. The van der Waals surface area contributed by atoms with E-state index in [4.69, 9.17) is 4.74 Å². The highest BCUT2D eigenvalue weighted by Crippen LogP contribution is 2.20. The van der Waals surface area contributed by atoms with Crippen molar-refractivity contribution in [3.05, 3.63) is 73.1 Å². The van der Waals surface area contributed by atoms with E-state index in [-0.39, 0.29) is 0 Å². The van der Waals surface area contributed by atoms with Crippen molar-refractivity contribution in [3.8, 4) is 11.4 Å². The minimum absolute atomic E-state index is 0.772. The minimum atomic E-state index is 0.772. The van der Waals surface area contributed by atoms with Crippen LogP contribution in [0, 0.1) is 0 Å². The highest BCUT2D eigenvalue weighted by molar-refractivity contribution is 5.80. The molecule has 2 aromatic carbocycles. The van der Waals surface area contributed by atoms with Gasteiger partial charge in [0.05, 0.1) is 24.5 Å². The molecular formula is C19H16N4O. The Morgan fingerprint density at radius 1 is 1.00 bits per heavy atom. The molecule has 5 heteroatoms. The largest absolute Gasteiger partial charge is 0.497 e. The molecule has 0 fully saturated rings. The van der Waals surface area contributed by atoms with Gasteiger partial charge in [-0.2, -0.15) is 5.10 Å². The van der Waals surface area contributed by atoms with E-state index in [0.717, 1.165) is 33.8 Å². The molecule has 0 saturated heterocycles. The highest BCUT2D eigenvalue weighted by atomic mass is 16.5. The summed E-state index contributed by atoms with van der Waals surface area (Å²) in [5.41, 5.74) is 2.86. The third-order valence-corrected chi connectivity index (χ3v) is 3.79. The lowest BCUT2D eigenvalue weighted by Crippen LogP contribution is -1.98. The molecule has 0 spiro atoms. The number of ether oxygens (including phenoxy) is 1. The normalized spacial score (nSPS) is 10.7. The summed E-state index contributed by atoms with van der Waals surface area (Å²) >= 11 is 0. The number of methoxy groups -OCH3 is 1. The lowest BCUT2D eigenvalue weighted by atomic mass is 10.2. The Kier molecular flexibility index (Phi) is 3.59. The number of anilines is 2. The van der Waals surface area contributed by atoms with Crippen molar-refractivity contribution in [1.29, 1.82) is 0 Å². The van der Waals surface area contributed by atoms with E-state index in [1.165, 1.54) is 0 Å². The summed E-state index contributed by atoms with van der Waals surface area (Å²) in [4.78, 5) is 4.47. The van der Waals surface area contributed by atoms with Gasteiger partial charge in [0.2, 0.25) is 0 Å². The molecule has 0 aliphatic heterocycles. The summed E-state index contributed by atoms with van der Waals surface area (Å²) in [5, 5.41) is 8.93. The topological polar surface area (TPSA) is 52.0 Å². The van der Waals surface area contributed by atoms with Crippen molar-refractivity contribution in [2.75, 3.05) is 12.4 Å². The molecule has 118 valence electrons. The molecule has 1 N–H and O–H groups in total. The van der Waals surface area contributed by atoms with Gasteiger partial charge in [-0.3, -0.25) is 4.98 Å². The Morgan fingerprint density at radius 3 is 2.67 bits per heavy atom. The third-order valence-electron chi connectivity index (χ3n) is 3.79. The molecule has 2 heterocycles. The minimum Gasteiger partial charge on any atom is -0.497 e. The first-order chi connectivity index (χ1) is 11.8. The Bertz CT molecular complexity index is 976. The second kappa shape index (κ2) is 6.04. The van der Waals surface area contributed by atoms with Crippen LogP contribution in [0.1, 0.15) is 0 Å². The molecule has 5 nitrogen and oxygen atoms in total. The molecule has 0 radical (unpaired) electrons. The summed E-state index contributed by atoms with van der Waals surface area (Å²) in [5.74, 6) is 1.60. The van der Waals surface area contributed by atoms with Gasteiger partial charge in [-0.05, 0) is 36.4 Å². The van der Waals surface area contributed by atoms with Gasteiger partial charge in [0, 0.05) is 23.3 Å². The first kappa shape index (κ1) is 14.3. The fourth-order valence-corrected chi connectivity index (χ4v) is 2.54. The fourth-order valence-electron chi connectivity index (χ4n) is 2.54. The number of hydrogen-bond acceptors (Lipinski definition) is 4. The van der Waals surface area contributed by atoms with Crippen LogP contribution in [0.2, 0.25) is 0 Å². The fraction of sp³-hybridized carbons (Fsp3) is 0.0526. The number of pyridine rings is 1. The zero-order valence-corrected chi connectivity index (χ0v) is 13.2. The lowest BCUT2D eigenvalue weighted by Gasteiger charge is -2.05. The van der Waals surface area contributed by atoms with Gasteiger partial charge >= 0.3 is 0 Å². The number of hydrogen-bond donors (Lipinski definition) is 1. The van der Waals surface area contributed by atoms with Gasteiger partial charge in [0.15, 0.2) is 5.82 Å². The van der Waals surface area contributed by atoms with Gasteiger partial charge in [0.25, 0.3) is 0 Å². The van der Waals surface area contributed by atoms with Crippen molar-refractivity contribution in [1.82, 2.24) is 14.8 Å². The highest BCUT2D eigenvalue weighted by Gasteiger charge is 2.04. The molecule has 0 saturated carbocycles. The Labute approximate surface area is 139 Å². The van der Waals surface area contributed by atoms with Crippen LogP contribution in [-0.4, -0.2) is 21.9 Å². The van der Waals surface area contributed by atoms with Crippen LogP contribution in [0.5, 0.6) is 5.75 Å². The zero-order chi connectivity index (χ0) is 16.4. The van der Waals surface area contributed by atoms with E-state index in [1.807, 2.05) is 71.7 Å². The van der Waals surface area contributed by atoms with Crippen LogP contribution in [-0.2, 0) is 0 Å². The second-order valence-corrected chi connectivity index (χ2v) is 5.39. The molecule has 24 heavy (non-hydrogen) atoms. The first-order valence-electron chi connectivity index (χ1n) is 7.64. The Balaban J connectivity index is 1.58. The number of aromatic nitrogens is 3. The van der Waals surface area contributed by atoms with Crippen LogP contribution in [0.15, 0.2) is 73.1 Å². The molecule has 0 aliphatic carbocycles. The summed E-state index contributed by atoms with van der Waals surface area (Å²) in [6.07, 6.45) is 3.74. The monoisotopic (exact) mass is 316 g/mol. The predicted molar refractivity (Wildman–Crippen MR) is 95.1 cm³/mol. The SMILES string of the molecule is COc1ccc(Nc2ccn(-c3cnc4ccccc4c3)n2)cc1. The van der Waals surface area contributed by atoms with Crippen molar-refractivity contribution in [2.45, 2.75) is 0 Å². The maximum Gasteiger partial charge on any atom is 0.152 e. The van der Waals surface area contributed by atoms with Gasteiger partial charge < -0.3 is 10.1 Å². The number of rotatable bonds is 4. The second-order valence-electron chi connectivity index (χ2n) is 5.39. The van der Waals surface area contributed by atoms with E-state index in [9.17, 15) is 0 Å². The Hall–Kier alpha value is -3.34. The molecule has 0 bridgehead atoms. The average Bonchev–Trinajstić information content (AvgIpc) is 3.10. The van der Waals surface area contributed by atoms with Gasteiger partial charge in [-0.25, -0.2) is 4.68 Å². The van der Waals surface area contributed by atoms with Crippen LogP contribution in [0.25, 0.3) is 16.6 Å². The molecule has 0 amide bonds. The molecule has 4 rings (SSSR count). The molecule has 0 atom stereocenters. The third kappa shape index (κ3) is 2.79. The summed E-state index contributed by atoms with van der Waals surface area (Å²) < 4.78 is 6.97. The van der Waals surface area contributed by atoms with Crippen molar-refractivity contribution >= 4 is 22.4 Å². The van der Waals surface area contributed by atoms with Crippen LogP contribution < -0.4 is 10.1 Å². The predicted octanol–water partition coefficient (Wildman–Crippen LogP) is 4.17. The number of para-hydroxylation sites is 1. The molecule has 2 aromatic heterocycles. The van der Waals surface area contributed by atoms with Crippen molar-refractivity contribution in [2.24, 2.45) is 0 Å². The quantitative estimate of drug-likeness (QED) is 0.614. The van der Waals surface area contributed by atoms with Crippen molar-refractivity contribution < 1.29 is 4.74 Å². The maximum atomic E-state index is 5.16. The summed E-state index contributed by atoms with van der Waals surface area (Å²) in [6, 6.07) is 19.8. The molecule has 4 aromatic rings. The number of benzene rings is 2. The van der Waals surface area contributed by atoms with Gasteiger partial charge in [-0.1, -0.05) is 18.2 Å². The smallest absolute Gasteiger partial charge is 0.152 e.